The Morgan fingerprint density at radius 3 is 2.26 bits per heavy atom. The molecule has 1 amide bonds. The van der Waals surface area contributed by atoms with Crippen LogP contribution in [0.25, 0.3) is 0 Å². The first-order chi connectivity index (χ1) is 13.2. The van der Waals surface area contributed by atoms with Gasteiger partial charge in [-0.3, -0.25) is 4.79 Å². The van der Waals surface area contributed by atoms with E-state index >= 15 is 0 Å². The van der Waals surface area contributed by atoms with Crippen LogP contribution in [-0.2, 0) is 4.79 Å². The predicted octanol–water partition coefficient (Wildman–Crippen LogP) is 4.27. The molecular formula is C21H21FN4O. The molecule has 0 bridgehead atoms. The van der Waals surface area contributed by atoms with Gasteiger partial charge in [-0.2, -0.15) is 5.26 Å². The lowest BCUT2D eigenvalue weighted by Crippen LogP contribution is -2.29. The smallest absolute Gasteiger partial charge is 0.267 e. The molecular weight excluding hydrogens is 343 g/mol. The Bertz CT molecular complexity index is 847. The minimum atomic E-state index is -0.554. The van der Waals surface area contributed by atoms with Gasteiger partial charge in [0.2, 0.25) is 0 Å². The van der Waals surface area contributed by atoms with Gasteiger partial charge in [0.25, 0.3) is 5.91 Å². The molecule has 3 rings (SSSR count). The molecule has 0 unspecified atom stereocenters. The summed E-state index contributed by atoms with van der Waals surface area (Å²) in [4.78, 5) is 14.5. The Labute approximate surface area is 158 Å². The van der Waals surface area contributed by atoms with Crippen molar-refractivity contribution < 1.29 is 9.18 Å². The summed E-state index contributed by atoms with van der Waals surface area (Å²) in [5.74, 6) is -0.944. The van der Waals surface area contributed by atoms with Crippen molar-refractivity contribution in [1.82, 2.24) is 0 Å². The standard InChI is InChI=1S/C21H21FN4O/c22-17-4-6-19(7-5-17)25-21(27)16(14-23)15-24-18-8-10-20(11-9-18)26-12-2-1-3-13-26/h4-11,15,24H,1-3,12-13H2,(H,25,27)/b16-15-. The summed E-state index contributed by atoms with van der Waals surface area (Å²) in [6, 6.07) is 15.2. The number of halogens is 1. The number of amides is 1. The minimum Gasteiger partial charge on any atom is -0.372 e. The van der Waals surface area contributed by atoms with Crippen molar-refractivity contribution in [2.45, 2.75) is 19.3 Å². The third-order valence-corrected chi connectivity index (χ3v) is 4.44. The second kappa shape index (κ2) is 8.86. The van der Waals surface area contributed by atoms with Gasteiger partial charge >= 0.3 is 0 Å². The monoisotopic (exact) mass is 364 g/mol. The second-order valence-electron chi connectivity index (χ2n) is 6.37. The van der Waals surface area contributed by atoms with E-state index in [4.69, 9.17) is 0 Å². The number of nitriles is 1. The first-order valence-corrected chi connectivity index (χ1v) is 8.94. The summed E-state index contributed by atoms with van der Waals surface area (Å²) in [6.07, 6.45) is 5.10. The van der Waals surface area contributed by atoms with Gasteiger partial charge in [-0.15, -0.1) is 0 Å². The number of benzene rings is 2. The molecule has 0 aliphatic carbocycles. The van der Waals surface area contributed by atoms with Crippen molar-refractivity contribution in [2.24, 2.45) is 0 Å². The second-order valence-corrected chi connectivity index (χ2v) is 6.37. The van der Waals surface area contributed by atoms with Crippen LogP contribution in [0.5, 0.6) is 0 Å². The largest absolute Gasteiger partial charge is 0.372 e. The van der Waals surface area contributed by atoms with Crippen molar-refractivity contribution in [1.29, 1.82) is 5.26 Å². The molecule has 27 heavy (non-hydrogen) atoms. The number of rotatable bonds is 5. The van der Waals surface area contributed by atoms with Gasteiger partial charge in [0.05, 0.1) is 0 Å². The number of carbonyl (C=O) groups is 1. The van der Waals surface area contributed by atoms with Gasteiger partial charge in [-0.25, -0.2) is 4.39 Å². The molecule has 0 aromatic heterocycles. The molecule has 2 N–H and O–H groups in total. The van der Waals surface area contributed by atoms with Gasteiger partial charge in [-0.1, -0.05) is 0 Å². The minimum absolute atomic E-state index is 0.0700. The lowest BCUT2D eigenvalue weighted by Gasteiger charge is -2.28. The summed E-state index contributed by atoms with van der Waals surface area (Å²) in [6.45, 7) is 2.16. The van der Waals surface area contributed by atoms with Crippen LogP contribution in [0.2, 0.25) is 0 Å². The quantitative estimate of drug-likeness (QED) is 0.614. The van der Waals surface area contributed by atoms with Crippen molar-refractivity contribution in [2.75, 3.05) is 28.6 Å². The Kier molecular flexibility index (Phi) is 6.06. The molecule has 138 valence electrons. The van der Waals surface area contributed by atoms with Crippen LogP contribution in [0.1, 0.15) is 19.3 Å². The first kappa shape index (κ1) is 18.5. The van der Waals surface area contributed by atoms with Gasteiger partial charge in [0, 0.05) is 36.4 Å². The highest BCUT2D eigenvalue weighted by atomic mass is 19.1. The molecule has 5 nitrogen and oxygen atoms in total. The molecule has 1 aliphatic rings. The van der Waals surface area contributed by atoms with Gasteiger partial charge in [0.15, 0.2) is 0 Å². The Balaban J connectivity index is 1.61. The summed E-state index contributed by atoms with van der Waals surface area (Å²) >= 11 is 0. The topological polar surface area (TPSA) is 68.2 Å². The molecule has 0 spiro atoms. The molecule has 2 aromatic carbocycles. The third-order valence-electron chi connectivity index (χ3n) is 4.44. The first-order valence-electron chi connectivity index (χ1n) is 8.94. The fraction of sp³-hybridized carbons (Fsp3) is 0.238. The SMILES string of the molecule is N#C/C(=C/Nc1ccc(N2CCCCC2)cc1)C(=O)Nc1ccc(F)cc1. The van der Waals surface area contributed by atoms with Crippen molar-refractivity contribution in [3.8, 4) is 6.07 Å². The fourth-order valence-electron chi connectivity index (χ4n) is 2.96. The molecule has 0 radical (unpaired) electrons. The number of carbonyl (C=O) groups excluding carboxylic acids is 1. The number of anilines is 3. The van der Waals surface area contributed by atoms with Crippen LogP contribution in [0, 0.1) is 17.1 Å². The zero-order chi connectivity index (χ0) is 19.1. The van der Waals surface area contributed by atoms with E-state index in [1.54, 1.807) is 0 Å². The van der Waals surface area contributed by atoms with Crippen molar-refractivity contribution in [3.05, 3.63) is 66.1 Å². The highest BCUT2D eigenvalue weighted by molar-refractivity contribution is 6.06. The maximum atomic E-state index is 12.9. The van der Waals surface area contributed by atoms with E-state index in [-0.39, 0.29) is 5.57 Å². The summed E-state index contributed by atoms with van der Waals surface area (Å²) in [5.41, 5.74) is 2.32. The number of hydrogen-bond donors (Lipinski definition) is 2. The van der Waals surface area contributed by atoms with E-state index in [0.29, 0.717) is 5.69 Å². The number of nitrogens with one attached hydrogen (secondary N) is 2. The molecule has 1 aliphatic heterocycles. The molecule has 6 heteroatoms. The Hall–Kier alpha value is -3.33. The maximum absolute atomic E-state index is 12.9. The fourth-order valence-corrected chi connectivity index (χ4v) is 2.96. The average molecular weight is 364 g/mol. The Morgan fingerprint density at radius 2 is 1.63 bits per heavy atom. The van der Waals surface area contributed by atoms with Crippen LogP contribution in [0.4, 0.5) is 21.5 Å². The van der Waals surface area contributed by atoms with E-state index in [2.05, 4.69) is 15.5 Å². The molecule has 1 fully saturated rings. The highest BCUT2D eigenvalue weighted by Crippen LogP contribution is 2.22. The normalized spacial score (nSPS) is 14.4. The van der Waals surface area contributed by atoms with Gasteiger partial charge < -0.3 is 15.5 Å². The molecule has 2 aromatic rings. The van der Waals surface area contributed by atoms with Gasteiger partial charge in [0.1, 0.15) is 17.5 Å². The van der Waals surface area contributed by atoms with E-state index in [0.717, 1.165) is 18.8 Å². The molecule has 1 heterocycles. The lowest BCUT2D eigenvalue weighted by molar-refractivity contribution is -0.112. The average Bonchev–Trinajstić information content (AvgIpc) is 2.71. The molecule has 1 saturated heterocycles. The summed E-state index contributed by atoms with van der Waals surface area (Å²) in [7, 11) is 0. The number of piperidine rings is 1. The van der Waals surface area contributed by atoms with Crippen LogP contribution < -0.4 is 15.5 Å². The zero-order valence-corrected chi connectivity index (χ0v) is 14.9. The highest BCUT2D eigenvalue weighted by Gasteiger charge is 2.11. The van der Waals surface area contributed by atoms with Crippen molar-refractivity contribution in [3.63, 3.8) is 0 Å². The predicted molar refractivity (Wildman–Crippen MR) is 105 cm³/mol. The number of hydrogen-bond acceptors (Lipinski definition) is 4. The molecule has 0 saturated carbocycles. The van der Waals surface area contributed by atoms with Crippen LogP contribution in [0.15, 0.2) is 60.3 Å². The maximum Gasteiger partial charge on any atom is 0.267 e. The summed E-state index contributed by atoms with van der Waals surface area (Å²) < 4.78 is 12.9. The van der Waals surface area contributed by atoms with Crippen LogP contribution in [-0.4, -0.2) is 19.0 Å². The van der Waals surface area contributed by atoms with Gasteiger partial charge in [-0.05, 0) is 67.8 Å². The van der Waals surface area contributed by atoms with Crippen molar-refractivity contribution >= 4 is 23.0 Å². The summed E-state index contributed by atoms with van der Waals surface area (Å²) in [5, 5.41) is 14.8. The van der Waals surface area contributed by atoms with Crippen LogP contribution in [0.3, 0.4) is 0 Å². The number of nitrogens with zero attached hydrogens (tertiary/aromatic N) is 2. The molecule has 0 atom stereocenters. The van der Waals surface area contributed by atoms with Crippen LogP contribution >= 0.6 is 0 Å². The van der Waals surface area contributed by atoms with E-state index in [9.17, 15) is 14.4 Å². The van der Waals surface area contributed by atoms with E-state index in [1.165, 1.54) is 55.4 Å². The third kappa shape index (κ3) is 5.08. The van der Waals surface area contributed by atoms with E-state index < -0.39 is 11.7 Å². The Morgan fingerprint density at radius 1 is 1.00 bits per heavy atom. The van der Waals surface area contributed by atoms with E-state index in [1.807, 2.05) is 30.3 Å². The zero-order valence-electron chi connectivity index (χ0n) is 14.9. The lowest BCUT2D eigenvalue weighted by atomic mass is 10.1.